The number of sulfone groups is 1. The lowest BCUT2D eigenvalue weighted by Crippen LogP contribution is -2.07. The lowest BCUT2D eigenvalue weighted by atomic mass is 10.2. The van der Waals surface area contributed by atoms with Crippen molar-refractivity contribution in [3.63, 3.8) is 0 Å². The molecule has 2 aromatic heterocycles. The van der Waals surface area contributed by atoms with Crippen LogP contribution in [0.4, 0.5) is 11.4 Å². The van der Waals surface area contributed by atoms with Gasteiger partial charge < -0.3 is 9.72 Å². The highest BCUT2D eigenvalue weighted by Gasteiger charge is 2.18. The fraction of sp³-hybridized carbons (Fsp3) is 0.133. The number of hydrogen-bond donors (Lipinski definition) is 1. The number of nitro benzene ring substituents is 1. The average Bonchev–Trinajstić information content (AvgIpc) is 2.94. The van der Waals surface area contributed by atoms with Gasteiger partial charge in [0.1, 0.15) is 5.65 Å². The normalized spacial score (nSPS) is 11.5. The summed E-state index contributed by atoms with van der Waals surface area (Å²) in [5.41, 5.74) is 1.54. The van der Waals surface area contributed by atoms with Crippen LogP contribution < -0.4 is 5.32 Å². The Morgan fingerprint density at radius 3 is 2.75 bits per heavy atom. The van der Waals surface area contributed by atoms with Gasteiger partial charge in [-0.1, -0.05) is 6.07 Å². The van der Waals surface area contributed by atoms with Crippen molar-refractivity contribution in [2.75, 3.05) is 11.6 Å². The van der Waals surface area contributed by atoms with Crippen LogP contribution in [0.25, 0.3) is 5.65 Å². The fourth-order valence-corrected chi connectivity index (χ4v) is 3.21. The quantitative estimate of drug-likeness (QED) is 0.561. The molecule has 0 saturated heterocycles. The molecule has 0 unspecified atom stereocenters. The third kappa shape index (κ3) is 3.20. The van der Waals surface area contributed by atoms with E-state index in [2.05, 4.69) is 10.3 Å². The van der Waals surface area contributed by atoms with E-state index in [-0.39, 0.29) is 10.6 Å². The molecule has 9 heteroatoms. The number of pyridine rings is 1. The molecular weight excluding hydrogens is 332 g/mol. The summed E-state index contributed by atoms with van der Waals surface area (Å²) < 4.78 is 25.6. The maximum atomic E-state index is 11.9. The minimum absolute atomic E-state index is 0.111. The predicted molar refractivity (Wildman–Crippen MR) is 88.7 cm³/mol. The number of nitro groups is 1. The maximum absolute atomic E-state index is 11.9. The number of hydrogen-bond acceptors (Lipinski definition) is 6. The van der Waals surface area contributed by atoms with Gasteiger partial charge in [-0.05, 0) is 18.2 Å². The van der Waals surface area contributed by atoms with Crippen LogP contribution >= 0.6 is 0 Å². The molecule has 3 aromatic rings. The van der Waals surface area contributed by atoms with Gasteiger partial charge in [0.25, 0.3) is 5.69 Å². The van der Waals surface area contributed by atoms with Crippen LogP contribution in [0.2, 0.25) is 0 Å². The van der Waals surface area contributed by atoms with Gasteiger partial charge in [-0.15, -0.1) is 0 Å². The molecule has 8 nitrogen and oxygen atoms in total. The Balaban J connectivity index is 1.90. The second-order valence-electron chi connectivity index (χ2n) is 5.26. The average molecular weight is 346 g/mol. The first kappa shape index (κ1) is 15.9. The molecule has 0 saturated carbocycles. The molecule has 0 aliphatic heterocycles. The van der Waals surface area contributed by atoms with E-state index in [4.69, 9.17) is 0 Å². The van der Waals surface area contributed by atoms with E-state index in [0.717, 1.165) is 23.7 Å². The molecule has 3 rings (SSSR count). The predicted octanol–water partition coefficient (Wildman–Crippen LogP) is 2.26. The number of imidazole rings is 1. The summed E-state index contributed by atoms with van der Waals surface area (Å²) in [5.74, 6) is 0. The van der Waals surface area contributed by atoms with Gasteiger partial charge in [-0.25, -0.2) is 13.4 Å². The summed E-state index contributed by atoms with van der Waals surface area (Å²) in [6.45, 7) is 0.294. The Kier molecular flexibility index (Phi) is 3.94. The Hall–Kier alpha value is -2.94. The number of rotatable bonds is 5. The molecule has 0 spiro atoms. The van der Waals surface area contributed by atoms with Gasteiger partial charge in [-0.3, -0.25) is 10.1 Å². The molecule has 0 aliphatic carbocycles. The minimum atomic E-state index is -3.61. The largest absolute Gasteiger partial charge is 0.378 e. The zero-order valence-corrected chi connectivity index (χ0v) is 13.5. The van der Waals surface area contributed by atoms with Gasteiger partial charge in [0.2, 0.25) is 0 Å². The van der Waals surface area contributed by atoms with E-state index in [1.54, 1.807) is 0 Å². The van der Waals surface area contributed by atoms with Crippen molar-refractivity contribution in [1.82, 2.24) is 9.38 Å². The Bertz CT molecular complexity index is 994. The van der Waals surface area contributed by atoms with Crippen molar-refractivity contribution in [2.24, 2.45) is 0 Å². The first-order valence-corrected chi connectivity index (χ1v) is 8.89. The number of fused-ring (bicyclic) bond motifs is 1. The van der Waals surface area contributed by atoms with Gasteiger partial charge in [0, 0.05) is 30.8 Å². The van der Waals surface area contributed by atoms with Crippen LogP contribution in [0.5, 0.6) is 0 Å². The van der Waals surface area contributed by atoms with E-state index in [0.29, 0.717) is 12.2 Å². The van der Waals surface area contributed by atoms with Crippen LogP contribution in [0.3, 0.4) is 0 Å². The van der Waals surface area contributed by atoms with Crippen molar-refractivity contribution in [3.8, 4) is 0 Å². The molecule has 124 valence electrons. The molecule has 2 heterocycles. The SMILES string of the molecule is CS(=O)(=O)c1cc([N+](=O)[O-])ccc1NCc1cn2ccccc2n1. The molecular formula is C15H14N4O4S. The smallest absolute Gasteiger partial charge is 0.270 e. The third-order valence-electron chi connectivity index (χ3n) is 3.45. The van der Waals surface area contributed by atoms with Crippen molar-refractivity contribution < 1.29 is 13.3 Å². The van der Waals surface area contributed by atoms with Gasteiger partial charge in [0.05, 0.1) is 27.7 Å². The van der Waals surface area contributed by atoms with E-state index in [9.17, 15) is 18.5 Å². The number of nitrogens with one attached hydrogen (secondary N) is 1. The highest BCUT2D eigenvalue weighted by atomic mass is 32.2. The first-order chi connectivity index (χ1) is 11.3. The number of anilines is 1. The summed E-state index contributed by atoms with van der Waals surface area (Å²) in [5, 5.41) is 13.8. The molecule has 1 aromatic carbocycles. The Labute approximate surface area is 137 Å². The highest BCUT2D eigenvalue weighted by molar-refractivity contribution is 7.90. The van der Waals surface area contributed by atoms with E-state index >= 15 is 0 Å². The summed E-state index contributed by atoms with van der Waals surface area (Å²) in [6.07, 6.45) is 4.70. The standard InChI is InChI=1S/C15H14N4O4S/c1-24(22,23)14-8-12(19(20)21)5-6-13(14)16-9-11-10-18-7-3-2-4-15(18)17-11/h2-8,10,16H,9H2,1H3. The second kappa shape index (κ2) is 5.93. The Morgan fingerprint density at radius 1 is 1.29 bits per heavy atom. The van der Waals surface area contributed by atoms with Crippen LogP contribution in [-0.4, -0.2) is 29.0 Å². The molecule has 1 N–H and O–H groups in total. The van der Waals surface area contributed by atoms with Gasteiger partial charge >= 0.3 is 0 Å². The fourth-order valence-electron chi connectivity index (χ4n) is 2.34. The summed E-state index contributed by atoms with van der Waals surface area (Å²) in [4.78, 5) is 14.5. The highest BCUT2D eigenvalue weighted by Crippen LogP contribution is 2.26. The second-order valence-corrected chi connectivity index (χ2v) is 7.25. The van der Waals surface area contributed by atoms with Gasteiger partial charge in [-0.2, -0.15) is 0 Å². The minimum Gasteiger partial charge on any atom is -0.378 e. The molecule has 0 radical (unpaired) electrons. The number of aromatic nitrogens is 2. The zero-order chi connectivity index (χ0) is 17.3. The first-order valence-electron chi connectivity index (χ1n) is 6.99. The molecule has 0 aliphatic rings. The third-order valence-corrected chi connectivity index (χ3v) is 4.59. The topological polar surface area (TPSA) is 107 Å². The number of benzene rings is 1. The number of nitrogens with zero attached hydrogens (tertiary/aromatic N) is 3. The van der Waals surface area contributed by atoms with Crippen LogP contribution in [0.1, 0.15) is 5.69 Å². The maximum Gasteiger partial charge on any atom is 0.270 e. The molecule has 24 heavy (non-hydrogen) atoms. The molecule has 0 bridgehead atoms. The van der Waals surface area contributed by atoms with E-state index in [1.165, 1.54) is 12.1 Å². The molecule has 0 amide bonds. The van der Waals surface area contributed by atoms with Crippen molar-refractivity contribution in [1.29, 1.82) is 0 Å². The summed E-state index contributed by atoms with van der Waals surface area (Å²) in [7, 11) is -3.61. The van der Waals surface area contributed by atoms with Crippen molar-refractivity contribution in [3.05, 3.63) is 64.6 Å². The molecule has 0 fully saturated rings. The van der Waals surface area contributed by atoms with Crippen LogP contribution in [0.15, 0.2) is 53.7 Å². The van der Waals surface area contributed by atoms with Crippen LogP contribution in [-0.2, 0) is 16.4 Å². The number of non-ortho nitro benzene ring substituents is 1. The van der Waals surface area contributed by atoms with E-state index in [1.807, 2.05) is 35.0 Å². The molecule has 0 atom stereocenters. The van der Waals surface area contributed by atoms with E-state index < -0.39 is 14.8 Å². The lowest BCUT2D eigenvalue weighted by molar-refractivity contribution is -0.385. The van der Waals surface area contributed by atoms with Crippen molar-refractivity contribution >= 4 is 26.9 Å². The van der Waals surface area contributed by atoms with Crippen LogP contribution in [0, 0.1) is 10.1 Å². The lowest BCUT2D eigenvalue weighted by Gasteiger charge is -2.09. The van der Waals surface area contributed by atoms with Gasteiger partial charge in [0.15, 0.2) is 9.84 Å². The monoisotopic (exact) mass is 346 g/mol. The zero-order valence-electron chi connectivity index (χ0n) is 12.7. The Morgan fingerprint density at radius 2 is 2.08 bits per heavy atom. The summed E-state index contributed by atoms with van der Waals surface area (Å²) >= 11 is 0. The summed E-state index contributed by atoms with van der Waals surface area (Å²) in [6, 6.07) is 9.32. The van der Waals surface area contributed by atoms with Crippen molar-refractivity contribution in [2.45, 2.75) is 11.4 Å².